The molecule has 0 aliphatic heterocycles. The number of benzene rings is 1. The van der Waals surface area contributed by atoms with E-state index in [0.717, 1.165) is 17.5 Å². The van der Waals surface area contributed by atoms with Crippen LogP contribution in [0.25, 0.3) is 10.9 Å². The highest BCUT2D eigenvalue weighted by Gasteiger charge is 2.07. The third-order valence-corrected chi connectivity index (χ3v) is 3.71. The molecule has 0 amide bonds. The van der Waals surface area contributed by atoms with Gasteiger partial charge in [0.25, 0.3) is 0 Å². The number of hydrogen-bond acceptors (Lipinski definition) is 2. The number of hydrogen-bond donors (Lipinski definition) is 1. The lowest BCUT2D eigenvalue weighted by molar-refractivity contribution is 0.283. The molecule has 3 aromatic rings. The number of para-hydroxylation sites is 1. The van der Waals surface area contributed by atoms with Crippen LogP contribution in [0.15, 0.2) is 47.3 Å². The maximum Gasteiger partial charge on any atom is 0.0702 e. The molecule has 0 bridgehead atoms. The molecule has 17 heavy (non-hydrogen) atoms. The fourth-order valence-corrected chi connectivity index (χ4v) is 2.82. The van der Waals surface area contributed by atoms with Gasteiger partial charge in [0.1, 0.15) is 0 Å². The van der Waals surface area contributed by atoms with Crippen LogP contribution < -0.4 is 0 Å². The highest BCUT2D eigenvalue weighted by Crippen LogP contribution is 2.22. The first-order chi connectivity index (χ1) is 8.38. The van der Waals surface area contributed by atoms with Crippen LogP contribution in [0.5, 0.6) is 0 Å². The number of aliphatic hydroxyl groups excluding tert-OH is 1. The molecule has 3 rings (SSSR count). The van der Waals surface area contributed by atoms with Crippen LogP contribution in [-0.2, 0) is 13.2 Å². The fraction of sp³-hybridized carbons (Fsp3) is 0.143. The molecule has 0 radical (unpaired) electrons. The van der Waals surface area contributed by atoms with E-state index in [2.05, 4.69) is 33.5 Å². The van der Waals surface area contributed by atoms with Gasteiger partial charge in [-0.2, -0.15) is 11.3 Å². The molecule has 86 valence electrons. The summed E-state index contributed by atoms with van der Waals surface area (Å²) >= 11 is 1.71. The minimum absolute atomic E-state index is 0.0944. The van der Waals surface area contributed by atoms with E-state index in [1.54, 1.807) is 11.3 Å². The second kappa shape index (κ2) is 4.35. The van der Waals surface area contributed by atoms with Crippen LogP contribution in [0.4, 0.5) is 0 Å². The normalized spacial score (nSPS) is 11.1. The molecule has 0 aliphatic carbocycles. The molecule has 1 N–H and O–H groups in total. The van der Waals surface area contributed by atoms with Crippen LogP contribution in [0.1, 0.15) is 11.1 Å². The topological polar surface area (TPSA) is 25.2 Å². The van der Waals surface area contributed by atoms with Gasteiger partial charge in [-0.25, -0.2) is 0 Å². The van der Waals surface area contributed by atoms with Crippen molar-refractivity contribution in [2.75, 3.05) is 0 Å². The van der Waals surface area contributed by atoms with Gasteiger partial charge in [0, 0.05) is 29.2 Å². The predicted octanol–water partition coefficient (Wildman–Crippen LogP) is 3.24. The Morgan fingerprint density at radius 3 is 2.82 bits per heavy atom. The molecule has 3 heteroatoms. The summed E-state index contributed by atoms with van der Waals surface area (Å²) in [4.78, 5) is 0. The zero-order chi connectivity index (χ0) is 11.7. The molecular weight excluding hydrogens is 230 g/mol. The van der Waals surface area contributed by atoms with Crippen molar-refractivity contribution in [1.82, 2.24) is 4.57 Å². The van der Waals surface area contributed by atoms with Crippen LogP contribution >= 0.6 is 11.3 Å². The molecule has 2 nitrogen and oxygen atoms in total. The Hall–Kier alpha value is -1.58. The molecule has 0 saturated heterocycles. The lowest BCUT2D eigenvalue weighted by atomic mass is 10.2. The molecule has 0 saturated carbocycles. The van der Waals surface area contributed by atoms with Gasteiger partial charge in [-0.3, -0.25) is 0 Å². The van der Waals surface area contributed by atoms with E-state index in [9.17, 15) is 5.11 Å². The summed E-state index contributed by atoms with van der Waals surface area (Å²) in [6.45, 7) is 0.959. The Morgan fingerprint density at radius 2 is 2.06 bits per heavy atom. The van der Waals surface area contributed by atoms with E-state index in [-0.39, 0.29) is 6.61 Å². The van der Waals surface area contributed by atoms with Crippen molar-refractivity contribution in [2.45, 2.75) is 13.2 Å². The van der Waals surface area contributed by atoms with Crippen molar-refractivity contribution >= 4 is 22.2 Å². The second-order valence-electron chi connectivity index (χ2n) is 4.09. The predicted molar refractivity (Wildman–Crippen MR) is 71.3 cm³/mol. The Kier molecular flexibility index (Phi) is 2.71. The first-order valence-corrected chi connectivity index (χ1v) is 6.51. The summed E-state index contributed by atoms with van der Waals surface area (Å²) in [7, 11) is 0. The van der Waals surface area contributed by atoms with Gasteiger partial charge in [0.15, 0.2) is 0 Å². The Bertz CT molecular complexity index is 625. The second-order valence-corrected chi connectivity index (χ2v) is 4.87. The molecule has 1 aromatic carbocycles. The number of fused-ring (bicyclic) bond motifs is 1. The molecule has 0 fully saturated rings. The first kappa shape index (κ1) is 10.6. The van der Waals surface area contributed by atoms with Crippen LogP contribution in [0, 0.1) is 0 Å². The molecular formula is C14H13NOS. The van der Waals surface area contributed by atoms with Crippen molar-refractivity contribution in [3.05, 3.63) is 58.4 Å². The van der Waals surface area contributed by atoms with E-state index in [4.69, 9.17) is 0 Å². The molecule has 2 aromatic heterocycles. The quantitative estimate of drug-likeness (QED) is 0.750. The number of aliphatic hydroxyl groups is 1. The molecule has 0 aliphatic rings. The SMILES string of the molecule is OCc1cn(Cc2ccsc2)c2ccccc12. The van der Waals surface area contributed by atoms with Crippen molar-refractivity contribution < 1.29 is 5.11 Å². The highest BCUT2D eigenvalue weighted by atomic mass is 32.1. The monoisotopic (exact) mass is 243 g/mol. The average molecular weight is 243 g/mol. The zero-order valence-electron chi connectivity index (χ0n) is 9.34. The maximum absolute atomic E-state index is 9.36. The largest absolute Gasteiger partial charge is 0.392 e. The van der Waals surface area contributed by atoms with Gasteiger partial charge >= 0.3 is 0 Å². The summed E-state index contributed by atoms with van der Waals surface area (Å²) in [5.41, 5.74) is 3.49. The third kappa shape index (κ3) is 1.88. The van der Waals surface area contributed by atoms with Gasteiger partial charge in [-0.1, -0.05) is 18.2 Å². The van der Waals surface area contributed by atoms with Gasteiger partial charge < -0.3 is 9.67 Å². The molecule has 0 spiro atoms. The van der Waals surface area contributed by atoms with Crippen molar-refractivity contribution in [1.29, 1.82) is 0 Å². The molecule has 0 atom stereocenters. The van der Waals surface area contributed by atoms with Crippen molar-refractivity contribution in [3.8, 4) is 0 Å². The summed E-state index contributed by atoms with van der Waals surface area (Å²) in [6, 6.07) is 10.3. The summed E-state index contributed by atoms with van der Waals surface area (Å²) in [5, 5.41) is 14.8. The van der Waals surface area contributed by atoms with E-state index in [0.29, 0.717) is 0 Å². The van der Waals surface area contributed by atoms with Crippen molar-refractivity contribution in [2.24, 2.45) is 0 Å². The summed E-state index contributed by atoms with van der Waals surface area (Å²) < 4.78 is 2.20. The minimum Gasteiger partial charge on any atom is -0.392 e. The van der Waals surface area contributed by atoms with Gasteiger partial charge in [-0.05, 0) is 28.5 Å². The highest BCUT2D eigenvalue weighted by molar-refractivity contribution is 7.07. The maximum atomic E-state index is 9.36. The Labute approximate surface area is 104 Å². The van der Waals surface area contributed by atoms with Gasteiger partial charge in [0.2, 0.25) is 0 Å². The van der Waals surface area contributed by atoms with E-state index >= 15 is 0 Å². The third-order valence-electron chi connectivity index (χ3n) is 2.97. The number of rotatable bonds is 3. The van der Waals surface area contributed by atoms with Gasteiger partial charge in [-0.15, -0.1) is 0 Å². The van der Waals surface area contributed by atoms with Crippen LogP contribution in [0.2, 0.25) is 0 Å². The van der Waals surface area contributed by atoms with E-state index in [1.807, 2.05) is 18.3 Å². The fourth-order valence-electron chi connectivity index (χ4n) is 2.16. The Morgan fingerprint density at radius 1 is 1.18 bits per heavy atom. The number of thiophene rings is 1. The lowest BCUT2D eigenvalue weighted by Gasteiger charge is -2.02. The van der Waals surface area contributed by atoms with Crippen molar-refractivity contribution in [3.63, 3.8) is 0 Å². The standard InChI is InChI=1S/C14H13NOS/c16-9-12-8-15(7-11-5-6-17-10-11)14-4-2-1-3-13(12)14/h1-6,8,10,16H,7,9H2. The summed E-state index contributed by atoms with van der Waals surface area (Å²) in [6.07, 6.45) is 2.04. The Balaban J connectivity index is 2.10. The van der Waals surface area contributed by atoms with Crippen LogP contribution in [0.3, 0.4) is 0 Å². The van der Waals surface area contributed by atoms with Gasteiger partial charge in [0.05, 0.1) is 6.61 Å². The smallest absolute Gasteiger partial charge is 0.0702 e. The van der Waals surface area contributed by atoms with E-state index in [1.165, 1.54) is 11.1 Å². The zero-order valence-corrected chi connectivity index (χ0v) is 10.2. The number of aromatic nitrogens is 1. The molecule has 2 heterocycles. The lowest BCUT2D eigenvalue weighted by Crippen LogP contribution is -1.95. The van der Waals surface area contributed by atoms with E-state index < -0.39 is 0 Å². The average Bonchev–Trinajstić information content (AvgIpc) is 2.98. The number of nitrogens with zero attached hydrogens (tertiary/aromatic N) is 1. The molecule has 0 unspecified atom stereocenters. The van der Waals surface area contributed by atoms with Crippen LogP contribution in [-0.4, -0.2) is 9.67 Å². The minimum atomic E-state index is 0.0944. The summed E-state index contributed by atoms with van der Waals surface area (Å²) in [5.74, 6) is 0. The first-order valence-electron chi connectivity index (χ1n) is 5.57.